The van der Waals surface area contributed by atoms with Crippen LogP contribution < -0.4 is 5.32 Å². The van der Waals surface area contributed by atoms with Crippen LogP contribution in [0.5, 0.6) is 0 Å². The van der Waals surface area contributed by atoms with Crippen molar-refractivity contribution in [3.8, 4) is 0 Å². The van der Waals surface area contributed by atoms with E-state index in [1.165, 1.54) is 23.5 Å². The van der Waals surface area contributed by atoms with Crippen molar-refractivity contribution in [1.82, 2.24) is 5.32 Å². The number of rotatable bonds is 4. The van der Waals surface area contributed by atoms with E-state index >= 15 is 0 Å². The minimum absolute atomic E-state index is 0.0565. The van der Waals surface area contributed by atoms with E-state index in [4.69, 9.17) is 0 Å². The average Bonchev–Trinajstić information content (AvgIpc) is 2.90. The summed E-state index contributed by atoms with van der Waals surface area (Å²) < 4.78 is 12.8. The van der Waals surface area contributed by atoms with E-state index in [0.29, 0.717) is 11.4 Å². The highest BCUT2D eigenvalue weighted by Crippen LogP contribution is 2.15. The fourth-order valence-electron chi connectivity index (χ4n) is 1.65. The highest BCUT2D eigenvalue weighted by Gasteiger charge is 2.10. The molecule has 1 aromatic carbocycles. The zero-order chi connectivity index (χ0) is 13.0. The Morgan fingerprint density at radius 1 is 1.33 bits per heavy atom. The number of carbonyl (C=O) groups excluding carboxylic acids is 1. The summed E-state index contributed by atoms with van der Waals surface area (Å²) in [4.78, 5) is 12.4. The van der Waals surface area contributed by atoms with Gasteiger partial charge in [-0.1, -0.05) is 25.1 Å². The summed E-state index contributed by atoms with van der Waals surface area (Å²) in [5.41, 5.74) is 1.02. The van der Waals surface area contributed by atoms with Crippen molar-refractivity contribution in [1.29, 1.82) is 0 Å². The lowest BCUT2D eigenvalue weighted by atomic mass is 10.0. The molecule has 1 N–H and O–H groups in total. The molecule has 4 heteroatoms. The van der Waals surface area contributed by atoms with Crippen LogP contribution in [0.25, 0.3) is 0 Å². The molecule has 0 fully saturated rings. The van der Waals surface area contributed by atoms with Crippen molar-refractivity contribution in [3.63, 3.8) is 0 Å². The van der Waals surface area contributed by atoms with Crippen LogP contribution in [-0.2, 0) is 0 Å². The third-order valence-corrected chi connectivity index (χ3v) is 3.62. The third kappa shape index (κ3) is 3.17. The Morgan fingerprint density at radius 2 is 2.06 bits per heavy atom. The van der Waals surface area contributed by atoms with Gasteiger partial charge in [0.1, 0.15) is 5.82 Å². The summed E-state index contributed by atoms with van der Waals surface area (Å²) in [6.45, 7) is 2.55. The van der Waals surface area contributed by atoms with E-state index in [0.717, 1.165) is 5.56 Å². The van der Waals surface area contributed by atoms with E-state index in [-0.39, 0.29) is 17.6 Å². The van der Waals surface area contributed by atoms with Crippen LogP contribution in [-0.4, -0.2) is 12.5 Å². The molecule has 0 spiro atoms. The molecule has 1 amide bonds. The van der Waals surface area contributed by atoms with Crippen molar-refractivity contribution in [2.45, 2.75) is 12.8 Å². The van der Waals surface area contributed by atoms with E-state index < -0.39 is 0 Å². The second kappa shape index (κ2) is 5.78. The summed E-state index contributed by atoms with van der Waals surface area (Å²) in [7, 11) is 0. The SMILES string of the molecule is CC(CNC(=O)c1cccs1)c1ccc(F)cc1. The third-order valence-electron chi connectivity index (χ3n) is 2.75. The van der Waals surface area contributed by atoms with Crippen LogP contribution in [0.4, 0.5) is 4.39 Å². The van der Waals surface area contributed by atoms with E-state index in [2.05, 4.69) is 5.32 Å². The molecule has 2 aromatic rings. The maximum absolute atomic E-state index is 12.8. The topological polar surface area (TPSA) is 29.1 Å². The largest absolute Gasteiger partial charge is 0.351 e. The summed E-state index contributed by atoms with van der Waals surface area (Å²) in [5.74, 6) is -0.137. The Labute approximate surface area is 109 Å². The molecule has 0 bridgehead atoms. The van der Waals surface area contributed by atoms with Crippen molar-refractivity contribution in [2.24, 2.45) is 0 Å². The lowest BCUT2D eigenvalue weighted by Crippen LogP contribution is -2.26. The van der Waals surface area contributed by atoms with Gasteiger partial charge in [-0.05, 0) is 35.1 Å². The van der Waals surface area contributed by atoms with E-state index in [1.807, 2.05) is 18.4 Å². The van der Waals surface area contributed by atoms with Crippen LogP contribution in [0.2, 0.25) is 0 Å². The van der Waals surface area contributed by atoms with Crippen molar-refractivity contribution in [3.05, 3.63) is 58.0 Å². The molecule has 1 heterocycles. The lowest BCUT2D eigenvalue weighted by molar-refractivity contribution is 0.0955. The molecule has 2 rings (SSSR count). The molecule has 1 aromatic heterocycles. The van der Waals surface area contributed by atoms with Crippen LogP contribution in [0.1, 0.15) is 28.1 Å². The molecule has 94 valence electrons. The van der Waals surface area contributed by atoms with E-state index in [1.54, 1.807) is 18.2 Å². The first-order valence-electron chi connectivity index (χ1n) is 5.74. The minimum Gasteiger partial charge on any atom is -0.351 e. The summed E-state index contributed by atoms with van der Waals surface area (Å²) in [5, 5.41) is 4.75. The molecule has 1 atom stereocenters. The first kappa shape index (κ1) is 12.8. The van der Waals surface area contributed by atoms with Gasteiger partial charge in [-0.2, -0.15) is 0 Å². The number of halogens is 1. The quantitative estimate of drug-likeness (QED) is 0.899. The Bertz CT molecular complexity index is 507. The highest BCUT2D eigenvalue weighted by molar-refractivity contribution is 7.12. The Balaban J connectivity index is 1.90. The van der Waals surface area contributed by atoms with Gasteiger partial charge in [0.2, 0.25) is 0 Å². The first-order valence-corrected chi connectivity index (χ1v) is 6.62. The number of hydrogen-bond donors (Lipinski definition) is 1. The number of benzene rings is 1. The number of carbonyl (C=O) groups is 1. The predicted octanol–water partition coefficient (Wildman–Crippen LogP) is 3.42. The molecular weight excluding hydrogens is 249 g/mol. The fourth-order valence-corrected chi connectivity index (χ4v) is 2.29. The molecule has 0 saturated carbocycles. The molecule has 0 aliphatic carbocycles. The van der Waals surface area contributed by atoms with Crippen molar-refractivity contribution >= 4 is 17.2 Å². The van der Waals surface area contributed by atoms with Gasteiger partial charge in [-0.15, -0.1) is 11.3 Å². The normalized spacial score (nSPS) is 12.1. The average molecular weight is 263 g/mol. The Kier molecular flexibility index (Phi) is 4.10. The molecule has 18 heavy (non-hydrogen) atoms. The monoisotopic (exact) mass is 263 g/mol. The molecule has 0 aliphatic heterocycles. The van der Waals surface area contributed by atoms with Gasteiger partial charge in [-0.3, -0.25) is 4.79 Å². The molecule has 1 unspecified atom stereocenters. The van der Waals surface area contributed by atoms with Crippen LogP contribution in [0.15, 0.2) is 41.8 Å². The second-order valence-corrected chi connectivity index (χ2v) is 5.09. The Morgan fingerprint density at radius 3 is 2.67 bits per heavy atom. The van der Waals surface area contributed by atoms with Crippen molar-refractivity contribution in [2.75, 3.05) is 6.54 Å². The van der Waals surface area contributed by atoms with Gasteiger partial charge in [0.05, 0.1) is 4.88 Å². The fraction of sp³-hybridized carbons (Fsp3) is 0.214. The summed E-state index contributed by atoms with van der Waals surface area (Å²) in [6.07, 6.45) is 0. The molecule has 0 radical (unpaired) electrons. The van der Waals surface area contributed by atoms with E-state index in [9.17, 15) is 9.18 Å². The number of nitrogens with one attached hydrogen (secondary N) is 1. The minimum atomic E-state index is -0.242. The van der Waals surface area contributed by atoms with Gasteiger partial charge >= 0.3 is 0 Å². The summed E-state index contributed by atoms with van der Waals surface area (Å²) in [6, 6.07) is 10.0. The zero-order valence-corrected chi connectivity index (χ0v) is 10.8. The van der Waals surface area contributed by atoms with Gasteiger partial charge < -0.3 is 5.32 Å². The predicted molar refractivity (Wildman–Crippen MR) is 71.5 cm³/mol. The number of amides is 1. The van der Waals surface area contributed by atoms with Gasteiger partial charge in [-0.25, -0.2) is 4.39 Å². The number of hydrogen-bond acceptors (Lipinski definition) is 2. The zero-order valence-electron chi connectivity index (χ0n) is 10.0. The van der Waals surface area contributed by atoms with Crippen molar-refractivity contribution < 1.29 is 9.18 Å². The van der Waals surface area contributed by atoms with Gasteiger partial charge in [0.15, 0.2) is 0 Å². The second-order valence-electron chi connectivity index (χ2n) is 4.14. The Hall–Kier alpha value is -1.68. The van der Waals surface area contributed by atoms with Gasteiger partial charge in [0.25, 0.3) is 5.91 Å². The lowest BCUT2D eigenvalue weighted by Gasteiger charge is -2.12. The summed E-state index contributed by atoms with van der Waals surface area (Å²) >= 11 is 1.42. The molecular formula is C14H14FNOS. The highest BCUT2D eigenvalue weighted by atomic mass is 32.1. The maximum Gasteiger partial charge on any atom is 0.261 e. The van der Waals surface area contributed by atoms with Crippen LogP contribution in [0, 0.1) is 5.82 Å². The van der Waals surface area contributed by atoms with Crippen LogP contribution >= 0.6 is 11.3 Å². The smallest absolute Gasteiger partial charge is 0.261 e. The first-order chi connectivity index (χ1) is 8.66. The molecule has 0 aliphatic rings. The van der Waals surface area contributed by atoms with Crippen LogP contribution in [0.3, 0.4) is 0 Å². The number of thiophene rings is 1. The molecule has 0 saturated heterocycles. The van der Waals surface area contributed by atoms with Gasteiger partial charge in [0, 0.05) is 6.54 Å². The standard InChI is InChI=1S/C14H14FNOS/c1-10(11-4-6-12(15)7-5-11)9-16-14(17)13-3-2-8-18-13/h2-8,10H,9H2,1H3,(H,16,17). The molecule has 2 nitrogen and oxygen atoms in total. The maximum atomic E-state index is 12.8.